The number of ether oxygens (including phenoxy) is 4. The fraction of sp³-hybridized carbons (Fsp3) is 0.667. The van der Waals surface area contributed by atoms with Crippen molar-refractivity contribution in [3.05, 3.63) is 58.4 Å². The number of aromatic nitrogens is 2. The van der Waals surface area contributed by atoms with Gasteiger partial charge in [0.2, 0.25) is 5.79 Å². The van der Waals surface area contributed by atoms with Gasteiger partial charge >= 0.3 is 0 Å². The summed E-state index contributed by atoms with van der Waals surface area (Å²) in [6.07, 6.45) is 6.08. The topological polar surface area (TPSA) is 75.0 Å². The Labute approximate surface area is 254 Å². The summed E-state index contributed by atoms with van der Waals surface area (Å²) >= 11 is 3.52. The number of alkyl halides is 2. The smallest absolute Gasteiger partial charge is 0.227 e. The molecule has 1 aromatic carbocycles. The first-order valence-electron chi connectivity index (χ1n) is 15.4. The highest BCUT2D eigenvalue weighted by Crippen LogP contribution is 2.74. The summed E-state index contributed by atoms with van der Waals surface area (Å²) in [5.41, 5.74) is 1.73. The molecule has 2 spiro atoms. The third-order valence-electron chi connectivity index (χ3n) is 12.5. The second kappa shape index (κ2) is 9.21. The van der Waals surface area contributed by atoms with Crippen LogP contribution in [0.15, 0.2) is 36.0 Å². The lowest BCUT2D eigenvalue weighted by atomic mass is 9.43. The van der Waals surface area contributed by atoms with Crippen molar-refractivity contribution in [3.63, 3.8) is 0 Å². The summed E-state index contributed by atoms with van der Waals surface area (Å²) in [5.74, 6) is -1.23. The van der Waals surface area contributed by atoms with Crippen LogP contribution in [0.25, 0.3) is 6.08 Å². The number of fused-ring (bicyclic) bond motifs is 8. The predicted octanol–water partition coefficient (Wildman–Crippen LogP) is 5.76. The zero-order chi connectivity index (χ0) is 29.1. The van der Waals surface area contributed by atoms with Crippen LogP contribution in [0, 0.1) is 28.6 Å². The Balaban J connectivity index is 1.14. The molecule has 1 N–H and O–H groups in total. The van der Waals surface area contributed by atoms with Crippen LogP contribution in [0.1, 0.15) is 68.8 Å². The number of aliphatic hydroxyl groups is 1. The van der Waals surface area contributed by atoms with Gasteiger partial charge in [0.25, 0.3) is 0 Å². The molecule has 3 saturated carbocycles. The van der Waals surface area contributed by atoms with Crippen molar-refractivity contribution in [2.24, 2.45) is 28.6 Å². The van der Waals surface area contributed by atoms with E-state index in [1.54, 1.807) is 0 Å². The maximum Gasteiger partial charge on any atom is 0.227 e. The number of hydrogen-bond acceptors (Lipinski definition) is 6. The molecule has 0 radical (unpaired) electrons. The first-order chi connectivity index (χ1) is 20.1. The lowest BCUT2D eigenvalue weighted by molar-refractivity contribution is -0.279. The number of halogens is 2. The molecule has 0 bridgehead atoms. The van der Waals surface area contributed by atoms with Crippen molar-refractivity contribution in [1.29, 1.82) is 0 Å². The third kappa shape index (κ3) is 3.25. The SMILES string of the molecule is C[C@@H]1C[C@H]2[C@@H]3CCC4=Cc5c(cnn5Cc5ccc(CBr)cc5)C[C@]4(C)[C@@]3(F)[C@@H](O)C[C@]2(C)[C@]12OCOC21COCO1. The number of nitrogens with zero attached hydrogens (tertiary/aromatic N) is 2. The molecule has 8 rings (SSSR count). The van der Waals surface area contributed by atoms with E-state index in [1.165, 1.54) is 11.1 Å². The van der Waals surface area contributed by atoms with Crippen LogP contribution in [0.2, 0.25) is 0 Å². The van der Waals surface area contributed by atoms with Crippen molar-refractivity contribution < 1.29 is 28.4 Å². The molecule has 0 amide bonds. The van der Waals surface area contributed by atoms with E-state index in [0.29, 0.717) is 32.4 Å². The second-order valence-corrected chi connectivity index (χ2v) is 14.7. The van der Waals surface area contributed by atoms with Crippen LogP contribution in [-0.4, -0.2) is 58.2 Å². The van der Waals surface area contributed by atoms with Crippen LogP contribution in [0.3, 0.4) is 0 Å². The molecule has 2 aromatic rings. The maximum atomic E-state index is 18.2. The zero-order valence-corrected chi connectivity index (χ0v) is 26.2. The third-order valence-corrected chi connectivity index (χ3v) is 13.2. The summed E-state index contributed by atoms with van der Waals surface area (Å²) in [5, 5.41) is 17.6. The number of allylic oxidation sites excluding steroid dienone is 1. The van der Waals surface area contributed by atoms with Gasteiger partial charge in [-0.25, -0.2) is 4.39 Å². The van der Waals surface area contributed by atoms with E-state index in [0.717, 1.165) is 35.0 Å². The Hall–Kier alpha value is -1.62. The van der Waals surface area contributed by atoms with E-state index in [9.17, 15) is 5.11 Å². The Morgan fingerprint density at radius 3 is 2.60 bits per heavy atom. The molecule has 5 fully saturated rings. The summed E-state index contributed by atoms with van der Waals surface area (Å²) in [7, 11) is 0. The molecular formula is C33H40BrFN2O5. The molecule has 6 aliphatic rings. The van der Waals surface area contributed by atoms with Gasteiger partial charge in [0, 0.05) is 22.1 Å². The van der Waals surface area contributed by atoms with Crippen molar-refractivity contribution in [1.82, 2.24) is 9.78 Å². The highest BCUT2D eigenvalue weighted by atomic mass is 79.9. The molecule has 4 aliphatic carbocycles. The normalized spacial score (nSPS) is 45.5. The van der Waals surface area contributed by atoms with E-state index in [4.69, 9.17) is 24.0 Å². The molecule has 226 valence electrons. The Kier molecular flexibility index (Phi) is 6.11. The lowest BCUT2D eigenvalue weighted by Gasteiger charge is -2.64. The van der Waals surface area contributed by atoms with Gasteiger partial charge in [-0.15, -0.1) is 0 Å². The Morgan fingerprint density at radius 1 is 1.10 bits per heavy atom. The zero-order valence-electron chi connectivity index (χ0n) is 24.6. The van der Waals surface area contributed by atoms with Crippen molar-refractivity contribution in [3.8, 4) is 0 Å². The van der Waals surface area contributed by atoms with E-state index in [1.807, 2.05) is 10.9 Å². The van der Waals surface area contributed by atoms with Crippen molar-refractivity contribution >= 4 is 22.0 Å². The number of hydrogen-bond donors (Lipinski definition) is 1. The minimum atomic E-state index is -1.77. The average molecular weight is 644 g/mol. The second-order valence-electron chi connectivity index (χ2n) is 14.1. The van der Waals surface area contributed by atoms with Gasteiger partial charge in [-0.3, -0.25) is 4.68 Å². The summed E-state index contributed by atoms with van der Waals surface area (Å²) in [4.78, 5) is 0. The lowest BCUT2D eigenvalue weighted by Crippen LogP contribution is -2.72. The van der Waals surface area contributed by atoms with Crippen molar-refractivity contribution in [2.45, 2.75) is 87.9 Å². The van der Waals surface area contributed by atoms with Gasteiger partial charge in [-0.1, -0.05) is 66.5 Å². The predicted molar refractivity (Wildman–Crippen MR) is 157 cm³/mol. The monoisotopic (exact) mass is 642 g/mol. The van der Waals surface area contributed by atoms with Crippen LogP contribution < -0.4 is 0 Å². The van der Waals surface area contributed by atoms with E-state index in [-0.39, 0.29) is 31.3 Å². The molecule has 3 heterocycles. The fourth-order valence-corrected chi connectivity index (χ4v) is 11.0. The van der Waals surface area contributed by atoms with Gasteiger partial charge in [0.15, 0.2) is 13.6 Å². The van der Waals surface area contributed by atoms with Crippen LogP contribution >= 0.6 is 15.9 Å². The summed E-state index contributed by atoms with van der Waals surface area (Å²) < 4.78 is 44.8. The minimum absolute atomic E-state index is 0.0219. The number of benzene rings is 1. The number of aliphatic hydroxyl groups excluding tert-OH is 1. The summed E-state index contributed by atoms with van der Waals surface area (Å²) in [6, 6.07) is 8.55. The molecule has 9 atom stereocenters. The molecule has 9 heteroatoms. The average Bonchev–Trinajstić information content (AvgIpc) is 3.74. The first-order valence-corrected chi connectivity index (χ1v) is 16.5. The Morgan fingerprint density at radius 2 is 1.86 bits per heavy atom. The van der Waals surface area contributed by atoms with Gasteiger partial charge in [-0.2, -0.15) is 5.10 Å². The van der Waals surface area contributed by atoms with Gasteiger partial charge in [-0.05, 0) is 66.7 Å². The first kappa shape index (κ1) is 27.9. The summed E-state index contributed by atoms with van der Waals surface area (Å²) in [6.45, 7) is 7.65. The number of rotatable bonds is 3. The molecule has 1 aromatic heterocycles. The molecule has 1 unspecified atom stereocenters. The highest BCUT2D eigenvalue weighted by molar-refractivity contribution is 9.08. The molecule has 42 heavy (non-hydrogen) atoms. The van der Waals surface area contributed by atoms with Gasteiger partial charge in [0.05, 0.1) is 24.5 Å². The van der Waals surface area contributed by atoms with Gasteiger partial charge < -0.3 is 24.1 Å². The molecule has 2 aliphatic heterocycles. The van der Waals surface area contributed by atoms with E-state index < -0.39 is 34.0 Å². The molecular weight excluding hydrogens is 603 g/mol. The van der Waals surface area contributed by atoms with E-state index in [2.05, 4.69) is 67.0 Å². The quantitative estimate of drug-likeness (QED) is 0.429. The van der Waals surface area contributed by atoms with Gasteiger partial charge in [0.1, 0.15) is 17.9 Å². The maximum absolute atomic E-state index is 18.2. The van der Waals surface area contributed by atoms with Crippen LogP contribution in [0.4, 0.5) is 4.39 Å². The van der Waals surface area contributed by atoms with Crippen LogP contribution in [-0.2, 0) is 37.2 Å². The molecule has 7 nitrogen and oxygen atoms in total. The van der Waals surface area contributed by atoms with Crippen LogP contribution in [0.5, 0.6) is 0 Å². The minimum Gasteiger partial charge on any atom is -0.390 e. The fourth-order valence-electron chi connectivity index (χ4n) is 10.7. The molecule has 2 saturated heterocycles. The Bertz CT molecular complexity index is 1430. The largest absolute Gasteiger partial charge is 0.390 e. The van der Waals surface area contributed by atoms with Crippen molar-refractivity contribution in [2.75, 3.05) is 20.2 Å². The highest BCUT2D eigenvalue weighted by Gasteiger charge is 2.81. The standard InChI is InChI=1S/C33H40BrFN2O5/c1-20-10-26-25-9-8-24-11-27-23(15-36-37(27)16-22-6-4-21(14-34)5-7-22)12-29(24,2)32(25,35)28(38)13-30(26,3)33(20)31(41-19-42-33)17-39-18-40-31/h4-7,11,15,20,25-26,28,38H,8-10,12-14,16-19H2,1-3H3/t20-,25+,26+,28+,29+,30+,31?,32+,33-/m1/s1. The van der Waals surface area contributed by atoms with E-state index >= 15 is 4.39 Å².